The molecular weight excluding hydrogens is 331 g/mol. The highest BCUT2D eigenvalue weighted by atomic mass is 32.1. The molecule has 0 amide bonds. The monoisotopic (exact) mass is 350 g/mol. The summed E-state index contributed by atoms with van der Waals surface area (Å²) in [7, 11) is 0. The molecule has 0 unspecified atom stereocenters. The number of aryl methyl sites for hydroxylation is 1. The Morgan fingerprint density at radius 2 is 1.56 bits per heavy atom. The topological polar surface area (TPSA) is 24.1 Å². The van der Waals surface area contributed by atoms with Gasteiger partial charge in [-0.1, -0.05) is 66.2 Å². The molecule has 0 radical (unpaired) electrons. The fraction of sp³-hybridized carbons (Fsp3) is 0.0952. The van der Waals surface area contributed by atoms with Gasteiger partial charge in [0.15, 0.2) is 5.11 Å². The molecule has 3 aromatic rings. The number of hydrogen-bond donors (Lipinski definition) is 2. The van der Waals surface area contributed by atoms with E-state index in [1.807, 2.05) is 18.2 Å². The molecule has 2 N–H and O–H groups in total. The van der Waals surface area contributed by atoms with Gasteiger partial charge in [-0.05, 0) is 48.5 Å². The second-order valence-corrected chi connectivity index (χ2v) is 6.27. The fourth-order valence-corrected chi connectivity index (χ4v) is 2.86. The van der Waals surface area contributed by atoms with E-state index in [1.165, 1.54) is 17.7 Å². The SMILES string of the molecule is Cc1ccc([C@H](NC(=S)Nc2cccc(F)c2)c2ccccc2)cc1. The second kappa shape index (κ2) is 7.90. The first kappa shape index (κ1) is 17.1. The van der Waals surface area contributed by atoms with Gasteiger partial charge in [-0.15, -0.1) is 0 Å². The number of hydrogen-bond acceptors (Lipinski definition) is 1. The average Bonchev–Trinajstić information content (AvgIpc) is 2.61. The number of rotatable bonds is 4. The Labute approximate surface area is 152 Å². The van der Waals surface area contributed by atoms with Crippen LogP contribution in [-0.2, 0) is 0 Å². The molecule has 126 valence electrons. The van der Waals surface area contributed by atoms with E-state index in [-0.39, 0.29) is 11.9 Å². The van der Waals surface area contributed by atoms with Crippen LogP contribution in [0.3, 0.4) is 0 Å². The normalized spacial score (nSPS) is 11.6. The molecule has 1 atom stereocenters. The lowest BCUT2D eigenvalue weighted by Gasteiger charge is -2.22. The predicted molar refractivity (Wildman–Crippen MR) is 105 cm³/mol. The first-order chi connectivity index (χ1) is 12.1. The molecule has 4 heteroatoms. The van der Waals surface area contributed by atoms with E-state index < -0.39 is 0 Å². The molecule has 0 aliphatic rings. The zero-order chi connectivity index (χ0) is 17.6. The van der Waals surface area contributed by atoms with Gasteiger partial charge in [0.05, 0.1) is 6.04 Å². The minimum absolute atomic E-state index is 0.0876. The van der Waals surface area contributed by atoms with Crippen LogP contribution < -0.4 is 10.6 Å². The zero-order valence-electron chi connectivity index (χ0n) is 13.9. The highest BCUT2D eigenvalue weighted by Crippen LogP contribution is 2.22. The number of thiocarbonyl (C=S) groups is 1. The maximum absolute atomic E-state index is 13.3. The second-order valence-electron chi connectivity index (χ2n) is 5.86. The molecule has 0 bridgehead atoms. The quantitative estimate of drug-likeness (QED) is 0.632. The highest BCUT2D eigenvalue weighted by Gasteiger charge is 2.15. The van der Waals surface area contributed by atoms with Crippen molar-refractivity contribution in [2.45, 2.75) is 13.0 Å². The standard InChI is InChI=1S/C21H19FN2S/c1-15-10-12-17(13-11-15)20(16-6-3-2-4-7-16)24-21(25)23-19-9-5-8-18(22)14-19/h2-14,20H,1H3,(H2,23,24,25)/t20-/m1/s1. The summed E-state index contributed by atoms with van der Waals surface area (Å²) in [6, 6.07) is 24.6. The first-order valence-corrected chi connectivity index (χ1v) is 8.47. The third-order valence-corrected chi connectivity index (χ3v) is 4.12. The summed E-state index contributed by atoms with van der Waals surface area (Å²) < 4.78 is 13.3. The van der Waals surface area contributed by atoms with E-state index in [1.54, 1.807) is 12.1 Å². The Hall–Kier alpha value is -2.72. The van der Waals surface area contributed by atoms with Crippen LogP contribution in [-0.4, -0.2) is 5.11 Å². The molecule has 0 aliphatic carbocycles. The smallest absolute Gasteiger partial charge is 0.171 e. The van der Waals surface area contributed by atoms with Crippen molar-refractivity contribution in [3.05, 3.63) is 101 Å². The molecule has 0 saturated heterocycles. The van der Waals surface area contributed by atoms with E-state index in [9.17, 15) is 4.39 Å². The van der Waals surface area contributed by atoms with Gasteiger partial charge in [-0.3, -0.25) is 0 Å². The number of benzene rings is 3. The molecule has 0 aliphatic heterocycles. The van der Waals surface area contributed by atoms with Crippen molar-refractivity contribution in [2.24, 2.45) is 0 Å². The Bertz CT molecular complexity index is 847. The van der Waals surface area contributed by atoms with Crippen LogP contribution in [0.4, 0.5) is 10.1 Å². The predicted octanol–water partition coefficient (Wildman–Crippen LogP) is 5.21. The van der Waals surface area contributed by atoms with Crippen molar-refractivity contribution in [3.63, 3.8) is 0 Å². The van der Waals surface area contributed by atoms with Crippen molar-refractivity contribution >= 4 is 23.0 Å². The van der Waals surface area contributed by atoms with Gasteiger partial charge in [0.1, 0.15) is 5.82 Å². The van der Waals surface area contributed by atoms with Crippen LogP contribution in [0.2, 0.25) is 0 Å². The zero-order valence-corrected chi connectivity index (χ0v) is 14.7. The van der Waals surface area contributed by atoms with Crippen LogP contribution in [0.1, 0.15) is 22.7 Å². The summed E-state index contributed by atoms with van der Waals surface area (Å²) >= 11 is 5.44. The maximum atomic E-state index is 13.3. The third-order valence-electron chi connectivity index (χ3n) is 3.90. The van der Waals surface area contributed by atoms with Crippen LogP contribution in [0.5, 0.6) is 0 Å². The molecule has 2 nitrogen and oxygen atoms in total. The minimum Gasteiger partial charge on any atom is -0.352 e. The van der Waals surface area contributed by atoms with E-state index in [2.05, 4.69) is 54.0 Å². The maximum Gasteiger partial charge on any atom is 0.171 e. The van der Waals surface area contributed by atoms with E-state index in [0.717, 1.165) is 11.1 Å². The van der Waals surface area contributed by atoms with Crippen molar-refractivity contribution in [2.75, 3.05) is 5.32 Å². The van der Waals surface area contributed by atoms with E-state index in [0.29, 0.717) is 10.8 Å². The summed E-state index contributed by atoms with van der Waals surface area (Å²) in [6.45, 7) is 2.06. The number of anilines is 1. The molecule has 3 aromatic carbocycles. The summed E-state index contributed by atoms with van der Waals surface area (Å²) in [4.78, 5) is 0. The lowest BCUT2D eigenvalue weighted by atomic mass is 9.98. The molecule has 0 fully saturated rings. The molecule has 0 heterocycles. The fourth-order valence-electron chi connectivity index (χ4n) is 2.63. The molecule has 3 rings (SSSR count). The van der Waals surface area contributed by atoms with Crippen LogP contribution in [0, 0.1) is 12.7 Å². The third kappa shape index (κ3) is 4.64. The molecule has 0 saturated carbocycles. The lowest BCUT2D eigenvalue weighted by molar-refractivity contribution is 0.628. The van der Waals surface area contributed by atoms with Gasteiger partial charge < -0.3 is 10.6 Å². The molecule has 0 aromatic heterocycles. The van der Waals surface area contributed by atoms with E-state index in [4.69, 9.17) is 12.2 Å². The minimum atomic E-state index is -0.300. The van der Waals surface area contributed by atoms with Gasteiger partial charge in [-0.25, -0.2) is 4.39 Å². The van der Waals surface area contributed by atoms with Crippen molar-refractivity contribution in [1.29, 1.82) is 0 Å². The van der Waals surface area contributed by atoms with Gasteiger partial charge in [0.25, 0.3) is 0 Å². The molecule has 0 spiro atoms. The Kier molecular flexibility index (Phi) is 5.41. The van der Waals surface area contributed by atoms with Gasteiger partial charge in [-0.2, -0.15) is 0 Å². The Morgan fingerprint density at radius 3 is 2.24 bits per heavy atom. The summed E-state index contributed by atoms with van der Waals surface area (Å²) in [6.07, 6.45) is 0. The highest BCUT2D eigenvalue weighted by molar-refractivity contribution is 7.80. The van der Waals surface area contributed by atoms with Crippen LogP contribution >= 0.6 is 12.2 Å². The van der Waals surface area contributed by atoms with Crippen molar-refractivity contribution < 1.29 is 4.39 Å². The largest absolute Gasteiger partial charge is 0.352 e. The summed E-state index contributed by atoms with van der Waals surface area (Å²) in [5.74, 6) is -0.300. The average molecular weight is 350 g/mol. The van der Waals surface area contributed by atoms with Crippen molar-refractivity contribution in [3.8, 4) is 0 Å². The number of halogens is 1. The van der Waals surface area contributed by atoms with Gasteiger partial charge in [0, 0.05) is 5.69 Å². The number of nitrogens with one attached hydrogen (secondary N) is 2. The van der Waals surface area contributed by atoms with Crippen LogP contribution in [0.15, 0.2) is 78.9 Å². The van der Waals surface area contributed by atoms with E-state index >= 15 is 0 Å². The molecular formula is C21H19FN2S. The van der Waals surface area contributed by atoms with Gasteiger partial charge in [0.2, 0.25) is 0 Å². The summed E-state index contributed by atoms with van der Waals surface area (Å²) in [5, 5.41) is 6.82. The first-order valence-electron chi connectivity index (χ1n) is 8.06. The lowest BCUT2D eigenvalue weighted by Crippen LogP contribution is -2.33. The Balaban J connectivity index is 1.82. The van der Waals surface area contributed by atoms with Crippen molar-refractivity contribution in [1.82, 2.24) is 5.32 Å². The summed E-state index contributed by atoms with van der Waals surface area (Å²) in [5.41, 5.74) is 4.04. The Morgan fingerprint density at radius 1 is 0.880 bits per heavy atom. The van der Waals surface area contributed by atoms with Gasteiger partial charge >= 0.3 is 0 Å². The van der Waals surface area contributed by atoms with Crippen LogP contribution in [0.25, 0.3) is 0 Å². The molecule has 25 heavy (non-hydrogen) atoms.